The van der Waals surface area contributed by atoms with Crippen molar-refractivity contribution >= 4 is 43.8 Å². The number of fused-ring (bicyclic) bond motifs is 1. The van der Waals surface area contributed by atoms with Gasteiger partial charge in [-0.25, -0.2) is 8.42 Å². The number of aromatic nitrogens is 1. The van der Waals surface area contributed by atoms with Gasteiger partial charge in [0.05, 0.1) is 30.2 Å². The van der Waals surface area contributed by atoms with Crippen molar-refractivity contribution in [1.29, 1.82) is 0 Å². The Morgan fingerprint density at radius 3 is 2.75 bits per heavy atom. The molecular formula is C17H18N4O5S2. The first-order valence-electron chi connectivity index (χ1n) is 8.69. The molecule has 1 fully saturated rings. The SMILES string of the molecule is O=C(NC1=NCCS1)c1cc(=O)[nH]c2ccc(S(=O)(=O)N3CCOCC3)cc12. The number of amidine groups is 1. The van der Waals surface area contributed by atoms with E-state index < -0.39 is 21.5 Å². The zero-order valence-electron chi connectivity index (χ0n) is 14.8. The molecule has 0 saturated carbocycles. The number of ether oxygens (including phenoxy) is 1. The molecule has 0 bridgehead atoms. The van der Waals surface area contributed by atoms with Crippen LogP contribution in [0.4, 0.5) is 0 Å². The Morgan fingerprint density at radius 2 is 2.04 bits per heavy atom. The van der Waals surface area contributed by atoms with Gasteiger partial charge in [-0.05, 0) is 18.2 Å². The maximum absolute atomic E-state index is 12.9. The molecule has 1 aromatic carbocycles. The van der Waals surface area contributed by atoms with Crippen molar-refractivity contribution < 1.29 is 17.9 Å². The lowest BCUT2D eigenvalue weighted by Crippen LogP contribution is -2.40. The van der Waals surface area contributed by atoms with E-state index in [0.29, 0.717) is 35.8 Å². The van der Waals surface area contributed by atoms with Crippen LogP contribution in [-0.2, 0) is 14.8 Å². The van der Waals surface area contributed by atoms with E-state index in [1.54, 1.807) is 0 Å². The fourth-order valence-electron chi connectivity index (χ4n) is 3.09. The lowest BCUT2D eigenvalue weighted by atomic mass is 10.1. The first kappa shape index (κ1) is 19.1. The number of aliphatic imine (C=N–C) groups is 1. The molecule has 3 heterocycles. The summed E-state index contributed by atoms with van der Waals surface area (Å²) in [5, 5.41) is 3.53. The first-order valence-corrected chi connectivity index (χ1v) is 11.1. The second-order valence-electron chi connectivity index (χ2n) is 6.26. The van der Waals surface area contributed by atoms with E-state index in [4.69, 9.17) is 4.74 Å². The van der Waals surface area contributed by atoms with Crippen molar-refractivity contribution in [3.63, 3.8) is 0 Å². The molecule has 9 nitrogen and oxygen atoms in total. The van der Waals surface area contributed by atoms with Crippen molar-refractivity contribution in [2.75, 3.05) is 38.6 Å². The van der Waals surface area contributed by atoms with Crippen LogP contribution in [0, 0.1) is 0 Å². The third-order valence-corrected chi connectivity index (χ3v) is 7.26. The standard InChI is InChI=1S/C17H18N4O5S2/c22-15-10-13(16(23)20-17-18-3-8-27-17)12-9-11(1-2-14(12)19-15)28(24,25)21-4-6-26-7-5-21/h1-2,9-10H,3-8H2,(H,19,22)(H,18,20,23). The van der Waals surface area contributed by atoms with Gasteiger partial charge in [0.2, 0.25) is 15.6 Å². The molecule has 0 spiro atoms. The van der Waals surface area contributed by atoms with Crippen LogP contribution in [0.1, 0.15) is 10.4 Å². The average Bonchev–Trinajstić information content (AvgIpc) is 3.20. The van der Waals surface area contributed by atoms with Crippen LogP contribution in [0.3, 0.4) is 0 Å². The highest BCUT2D eigenvalue weighted by molar-refractivity contribution is 8.14. The van der Waals surface area contributed by atoms with Crippen LogP contribution in [0.2, 0.25) is 0 Å². The summed E-state index contributed by atoms with van der Waals surface area (Å²) in [6, 6.07) is 5.53. The molecule has 2 N–H and O–H groups in total. The minimum absolute atomic E-state index is 0.0654. The lowest BCUT2D eigenvalue weighted by Gasteiger charge is -2.26. The van der Waals surface area contributed by atoms with Crippen LogP contribution in [-0.4, -0.2) is 67.4 Å². The van der Waals surface area contributed by atoms with Crippen LogP contribution in [0.25, 0.3) is 10.9 Å². The van der Waals surface area contributed by atoms with Crippen molar-refractivity contribution in [1.82, 2.24) is 14.6 Å². The molecule has 0 radical (unpaired) electrons. The number of carbonyl (C=O) groups excluding carboxylic acids is 1. The normalized spacial score (nSPS) is 18.2. The zero-order chi connectivity index (χ0) is 19.7. The van der Waals surface area contributed by atoms with Crippen LogP contribution >= 0.6 is 11.8 Å². The fourth-order valence-corrected chi connectivity index (χ4v) is 5.25. The summed E-state index contributed by atoms with van der Waals surface area (Å²) < 4.78 is 32.4. The highest BCUT2D eigenvalue weighted by atomic mass is 32.2. The monoisotopic (exact) mass is 422 g/mol. The second-order valence-corrected chi connectivity index (χ2v) is 9.28. The largest absolute Gasteiger partial charge is 0.379 e. The summed E-state index contributed by atoms with van der Waals surface area (Å²) in [4.78, 5) is 31.5. The van der Waals surface area contributed by atoms with Gasteiger partial charge >= 0.3 is 0 Å². The van der Waals surface area contributed by atoms with Crippen LogP contribution in [0.15, 0.2) is 38.9 Å². The molecule has 28 heavy (non-hydrogen) atoms. The Bertz CT molecular complexity index is 1120. The Labute approximate surface area is 165 Å². The van der Waals surface area contributed by atoms with Crippen molar-refractivity contribution in [3.05, 3.63) is 40.2 Å². The number of sulfonamides is 1. The average molecular weight is 422 g/mol. The van der Waals surface area contributed by atoms with Gasteiger partial charge in [-0.1, -0.05) is 11.8 Å². The predicted octanol–water partition coefficient (Wildman–Crippen LogP) is 0.382. The van der Waals surface area contributed by atoms with Crippen molar-refractivity contribution in [3.8, 4) is 0 Å². The van der Waals surface area contributed by atoms with E-state index in [1.165, 1.54) is 40.3 Å². The number of H-pyrrole nitrogens is 1. The lowest BCUT2D eigenvalue weighted by molar-refractivity contribution is 0.0730. The molecule has 2 aliphatic rings. The van der Waals surface area contributed by atoms with Gasteiger partial charge in [-0.2, -0.15) is 4.31 Å². The van der Waals surface area contributed by atoms with Crippen molar-refractivity contribution in [2.45, 2.75) is 4.90 Å². The van der Waals surface area contributed by atoms with E-state index in [2.05, 4.69) is 15.3 Å². The van der Waals surface area contributed by atoms with E-state index in [0.717, 1.165) is 5.75 Å². The van der Waals surface area contributed by atoms with Gasteiger partial charge in [0, 0.05) is 35.8 Å². The van der Waals surface area contributed by atoms with Crippen LogP contribution in [0.5, 0.6) is 0 Å². The Morgan fingerprint density at radius 1 is 1.25 bits per heavy atom. The van der Waals surface area contributed by atoms with Gasteiger partial charge < -0.3 is 15.0 Å². The number of amides is 1. The quantitative estimate of drug-likeness (QED) is 0.738. The number of morpholine rings is 1. The number of hydrogen-bond acceptors (Lipinski definition) is 7. The van der Waals surface area contributed by atoms with Gasteiger partial charge in [0.15, 0.2) is 5.17 Å². The first-order chi connectivity index (χ1) is 13.4. The van der Waals surface area contributed by atoms with Crippen LogP contribution < -0.4 is 10.9 Å². The van der Waals surface area contributed by atoms with Gasteiger partial charge in [0.1, 0.15) is 0 Å². The van der Waals surface area contributed by atoms with Gasteiger partial charge in [-0.3, -0.25) is 14.6 Å². The Balaban J connectivity index is 1.76. The molecule has 1 amide bonds. The van der Waals surface area contributed by atoms with Crippen molar-refractivity contribution in [2.24, 2.45) is 4.99 Å². The number of thioether (sulfide) groups is 1. The summed E-state index contributed by atoms with van der Waals surface area (Å²) in [7, 11) is -3.73. The number of rotatable bonds is 3. The summed E-state index contributed by atoms with van der Waals surface area (Å²) in [6.07, 6.45) is 0. The number of aromatic amines is 1. The Hall–Kier alpha value is -2.21. The Kier molecular flexibility index (Phi) is 5.23. The zero-order valence-corrected chi connectivity index (χ0v) is 16.4. The van der Waals surface area contributed by atoms with E-state index in [-0.39, 0.29) is 23.5 Å². The minimum Gasteiger partial charge on any atom is -0.379 e. The van der Waals surface area contributed by atoms with E-state index in [9.17, 15) is 18.0 Å². The molecule has 148 valence electrons. The van der Waals surface area contributed by atoms with Gasteiger partial charge in [-0.15, -0.1) is 0 Å². The maximum Gasteiger partial charge on any atom is 0.258 e. The maximum atomic E-state index is 12.9. The highest BCUT2D eigenvalue weighted by Gasteiger charge is 2.27. The third kappa shape index (κ3) is 3.70. The number of benzene rings is 1. The second kappa shape index (κ2) is 7.66. The molecule has 1 saturated heterocycles. The number of hydrogen-bond donors (Lipinski definition) is 2. The molecule has 2 aromatic rings. The molecular weight excluding hydrogens is 404 g/mol. The molecule has 0 unspecified atom stereocenters. The summed E-state index contributed by atoms with van der Waals surface area (Å²) in [5.41, 5.74) is 0.0509. The molecule has 2 aliphatic heterocycles. The van der Waals surface area contributed by atoms with Gasteiger partial charge in [0.25, 0.3) is 5.91 Å². The topological polar surface area (TPSA) is 121 Å². The summed E-state index contributed by atoms with van der Waals surface area (Å²) >= 11 is 1.42. The number of nitrogens with zero attached hydrogens (tertiary/aromatic N) is 2. The fraction of sp³-hybridized carbons (Fsp3) is 0.353. The summed E-state index contributed by atoms with van der Waals surface area (Å²) in [6.45, 7) is 1.85. The molecule has 0 aliphatic carbocycles. The third-order valence-electron chi connectivity index (χ3n) is 4.47. The van der Waals surface area contributed by atoms with E-state index in [1.807, 2.05) is 0 Å². The predicted molar refractivity (Wildman–Crippen MR) is 106 cm³/mol. The number of nitrogens with one attached hydrogen (secondary N) is 2. The smallest absolute Gasteiger partial charge is 0.258 e. The summed E-state index contributed by atoms with van der Waals surface area (Å²) in [5.74, 6) is 0.290. The molecule has 1 aromatic heterocycles. The molecule has 0 atom stereocenters. The number of carbonyl (C=O) groups is 1. The highest BCUT2D eigenvalue weighted by Crippen LogP contribution is 2.23. The molecule has 4 rings (SSSR count). The van der Waals surface area contributed by atoms with E-state index >= 15 is 0 Å². The minimum atomic E-state index is -3.73. The molecule has 11 heteroatoms. The number of pyridine rings is 1.